The van der Waals surface area contributed by atoms with Crippen molar-refractivity contribution in [1.29, 1.82) is 0 Å². The molecule has 1 aromatic heterocycles. The summed E-state index contributed by atoms with van der Waals surface area (Å²) in [7, 11) is -0.587. The highest BCUT2D eigenvalue weighted by molar-refractivity contribution is 6.48. The second kappa shape index (κ2) is 11.9. The zero-order valence-electron chi connectivity index (χ0n) is 26.6. The number of hydrogen-bond donors (Lipinski definition) is 5. The molecule has 3 unspecified atom stereocenters. The lowest BCUT2D eigenvalue weighted by atomic mass is 9.45. The van der Waals surface area contributed by atoms with Crippen molar-refractivity contribution < 1.29 is 28.9 Å². The van der Waals surface area contributed by atoms with Crippen LogP contribution in [0.4, 0.5) is 0 Å². The molecule has 0 spiro atoms. The van der Waals surface area contributed by atoms with Gasteiger partial charge in [0, 0.05) is 34.6 Å². The Kier molecular flexibility index (Phi) is 8.30. The number of rotatable bonds is 10. The quantitative estimate of drug-likeness (QED) is 0.130. The van der Waals surface area contributed by atoms with Gasteiger partial charge < -0.3 is 24.9 Å². The molecule has 4 fully saturated rings. The topological polar surface area (TPSA) is 142 Å². The van der Waals surface area contributed by atoms with Crippen molar-refractivity contribution in [3.8, 4) is 0 Å². The Bertz CT molecular complexity index is 1590. The van der Waals surface area contributed by atoms with E-state index in [1.54, 1.807) is 5.48 Å². The SMILES string of the molecule is CC(C)C[C@H](NC(=O)[C@H](Cc1c[nH]c2ccccc12)NC(=O)c1ccc(C(=O)NO)cc1)B1OC2C3CC(C[C@]2(C)O1)C3(C)C. The normalized spacial score (nSPS) is 26.1. The van der Waals surface area contributed by atoms with Crippen LogP contribution in [0.1, 0.15) is 80.2 Å². The molecule has 5 N–H and O–H groups in total. The highest BCUT2D eigenvalue weighted by Gasteiger charge is 2.67. The summed E-state index contributed by atoms with van der Waals surface area (Å²) in [4.78, 5) is 42.6. The number of benzene rings is 2. The van der Waals surface area contributed by atoms with E-state index in [0.29, 0.717) is 18.3 Å². The first kappa shape index (κ1) is 31.3. The van der Waals surface area contributed by atoms with Crippen molar-refractivity contribution in [3.63, 3.8) is 0 Å². The van der Waals surface area contributed by atoms with Crippen LogP contribution in [0.15, 0.2) is 54.7 Å². The molecule has 1 aliphatic heterocycles. The molecule has 7 rings (SSSR count). The predicted molar refractivity (Wildman–Crippen MR) is 170 cm³/mol. The van der Waals surface area contributed by atoms with Crippen LogP contribution >= 0.6 is 0 Å². The fourth-order valence-electron chi connectivity index (χ4n) is 7.75. The van der Waals surface area contributed by atoms with Gasteiger partial charge in [-0.25, -0.2) is 5.48 Å². The number of amides is 3. The predicted octanol–water partition coefficient (Wildman–Crippen LogP) is 4.43. The smallest absolute Gasteiger partial charge is 0.404 e. The second-order valence-corrected chi connectivity index (χ2v) is 14.3. The van der Waals surface area contributed by atoms with Gasteiger partial charge in [0.15, 0.2) is 0 Å². The van der Waals surface area contributed by atoms with Crippen LogP contribution in [-0.2, 0) is 20.5 Å². The van der Waals surface area contributed by atoms with Crippen molar-refractivity contribution in [3.05, 3.63) is 71.4 Å². The number of aromatic amines is 1. The standard InChI is InChI=1S/C34H43BN4O6/c1-19(2)14-28(35-44-29-25-16-23(33(25,3)4)17-34(29,5)45-35)38-32(42)27(15-22-18-36-26-9-7-6-8-24(22)26)37-30(40)20-10-12-21(13-11-20)31(41)39-43/h6-13,18-19,23,25,27-29,36,43H,14-17H2,1-5H3,(H,37,40)(H,38,42)(H,39,41)/t23?,25?,27-,28-,29?,34-/m0/s1. The molecular weight excluding hydrogens is 571 g/mol. The Morgan fingerprint density at radius 2 is 1.71 bits per heavy atom. The molecule has 3 aromatic rings. The largest absolute Gasteiger partial charge is 0.481 e. The van der Waals surface area contributed by atoms with Crippen molar-refractivity contribution in [2.24, 2.45) is 23.2 Å². The molecule has 2 heterocycles. The van der Waals surface area contributed by atoms with Crippen LogP contribution < -0.4 is 16.1 Å². The monoisotopic (exact) mass is 614 g/mol. The Morgan fingerprint density at radius 3 is 2.38 bits per heavy atom. The molecule has 11 heteroatoms. The summed E-state index contributed by atoms with van der Waals surface area (Å²) in [6, 6.07) is 12.8. The highest BCUT2D eigenvalue weighted by atomic mass is 16.7. The third kappa shape index (κ3) is 5.89. The maximum Gasteiger partial charge on any atom is 0.481 e. The first-order valence-corrected chi connectivity index (χ1v) is 15.9. The van der Waals surface area contributed by atoms with Gasteiger partial charge in [-0.3, -0.25) is 19.6 Å². The van der Waals surface area contributed by atoms with Gasteiger partial charge in [-0.15, -0.1) is 0 Å². The van der Waals surface area contributed by atoms with Crippen molar-refractivity contribution in [1.82, 2.24) is 21.1 Å². The number of hydroxylamine groups is 1. The molecule has 3 amide bonds. The first-order chi connectivity index (χ1) is 21.4. The minimum Gasteiger partial charge on any atom is -0.404 e. The summed E-state index contributed by atoms with van der Waals surface area (Å²) in [5.41, 5.74) is 3.73. The Balaban J connectivity index is 1.24. The summed E-state index contributed by atoms with van der Waals surface area (Å²) in [5.74, 6) is -0.580. The summed E-state index contributed by atoms with van der Waals surface area (Å²) in [6.07, 6.45) is 4.84. The fourth-order valence-corrected chi connectivity index (χ4v) is 7.75. The average Bonchev–Trinajstić information content (AvgIpc) is 3.60. The minimum absolute atomic E-state index is 0.0216. The van der Waals surface area contributed by atoms with Crippen molar-refractivity contribution in [2.45, 2.75) is 84.0 Å². The fraction of sp³-hybridized carbons (Fsp3) is 0.500. The van der Waals surface area contributed by atoms with Crippen LogP contribution in [0.3, 0.4) is 0 Å². The van der Waals surface area contributed by atoms with Gasteiger partial charge in [0.2, 0.25) is 5.91 Å². The Hall–Kier alpha value is -3.67. The number of H-pyrrole nitrogens is 1. The van der Waals surface area contributed by atoms with E-state index in [9.17, 15) is 14.4 Å². The van der Waals surface area contributed by atoms with E-state index in [-0.39, 0.29) is 46.5 Å². The number of aromatic nitrogens is 1. The van der Waals surface area contributed by atoms with Crippen LogP contribution in [0, 0.1) is 23.2 Å². The molecular formula is C34H43BN4O6. The van der Waals surface area contributed by atoms with E-state index in [1.165, 1.54) is 24.3 Å². The van der Waals surface area contributed by atoms with E-state index >= 15 is 0 Å². The number of carbonyl (C=O) groups is 3. The Morgan fingerprint density at radius 1 is 1.02 bits per heavy atom. The average molecular weight is 615 g/mol. The maximum atomic E-state index is 14.1. The van der Waals surface area contributed by atoms with Crippen molar-refractivity contribution in [2.75, 3.05) is 0 Å². The lowest BCUT2D eigenvalue weighted by Gasteiger charge is -2.63. The lowest BCUT2D eigenvalue weighted by Crippen LogP contribution is -2.63. The number of para-hydroxylation sites is 1. The van der Waals surface area contributed by atoms with Gasteiger partial charge in [0.05, 0.1) is 17.6 Å². The molecule has 0 radical (unpaired) electrons. The summed E-state index contributed by atoms with van der Waals surface area (Å²) in [6.45, 7) is 11.0. The molecule has 2 bridgehead atoms. The van der Waals surface area contributed by atoms with E-state index < -0.39 is 30.9 Å². The van der Waals surface area contributed by atoms with Gasteiger partial charge >= 0.3 is 7.12 Å². The lowest BCUT2D eigenvalue weighted by molar-refractivity contribution is -0.185. The minimum atomic E-state index is -0.905. The number of hydrogen-bond acceptors (Lipinski definition) is 6. The third-order valence-corrected chi connectivity index (χ3v) is 10.4. The van der Waals surface area contributed by atoms with Crippen LogP contribution in [0.5, 0.6) is 0 Å². The molecule has 6 atom stereocenters. The van der Waals surface area contributed by atoms with E-state index in [4.69, 9.17) is 14.5 Å². The van der Waals surface area contributed by atoms with E-state index in [1.807, 2.05) is 30.5 Å². The summed E-state index contributed by atoms with van der Waals surface area (Å²) in [5, 5.41) is 16.0. The molecule has 3 aliphatic carbocycles. The van der Waals surface area contributed by atoms with Gasteiger partial charge in [0.25, 0.3) is 11.8 Å². The van der Waals surface area contributed by atoms with Gasteiger partial charge in [-0.05, 0) is 85.3 Å². The van der Waals surface area contributed by atoms with Crippen molar-refractivity contribution >= 4 is 35.7 Å². The highest BCUT2D eigenvalue weighted by Crippen LogP contribution is 2.64. The molecule has 3 saturated carbocycles. The first-order valence-electron chi connectivity index (χ1n) is 15.9. The van der Waals surface area contributed by atoms with Gasteiger partial charge in [-0.1, -0.05) is 45.9 Å². The molecule has 4 aliphatic rings. The zero-order chi connectivity index (χ0) is 32.1. The van der Waals surface area contributed by atoms with E-state index in [0.717, 1.165) is 29.3 Å². The molecule has 2 aromatic carbocycles. The zero-order valence-corrected chi connectivity index (χ0v) is 26.6. The molecule has 10 nitrogen and oxygen atoms in total. The molecule has 45 heavy (non-hydrogen) atoms. The van der Waals surface area contributed by atoms with Crippen LogP contribution in [0.25, 0.3) is 10.9 Å². The third-order valence-electron chi connectivity index (χ3n) is 10.4. The van der Waals surface area contributed by atoms with Crippen LogP contribution in [0.2, 0.25) is 0 Å². The van der Waals surface area contributed by atoms with Gasteiger partial charge in [0.1, 0.15) is 6.04 Å². The molecule has 238 valence electrons. The summed E-state index contributed by atoms with van der Waals surface area (Å²) < 4.78 is 13.3. The van der Waals surface area contributed by atoms with Crippen LogP contribution in [-0.4, -0.2) is 58.7 Å². The summed E-state index contributed by atoms with van der Waals surface area (Å²) >= 11 is 0. The molecule has 1 saturated heterocycles. The Labute approximate surface area is 264 Å². The second-order valence-electron chi connectivity index (χ2n) is 14.3. The number of nitrogens with one attached hydrogen (secondary N) is 4. The van der Waals surface area contributed by atoms with Gasteiger partial charge in [-0.2, -0.15) is 0 Å². The van der Waals surface area contributed by atoms with E-state index in [2.05, 4.69) is 50.2 Å². The maximum absolute atomic E-state index is 14.1. The number of fused-ring (bicyclic) bond motifs is 1. The number of carbonyl (C=O) groups excluding carboxylic acids is 3.